The lowest BCUT2D eigenvalue weighted by Crippen LogP contribution is -2.38. The number of rotatable bonds is 3. The monoisotopic (exact) mass is 406 g/mol. The quantitative estimate of drug-likeness (QED) is 0.291. The van der Waals surface area contributed by atoms with Gasteiger partial charge in [-0.25, -0.2) is 29.3 Å². The third kappa shape index (κ3) is 2.28. The van der Waals surface area contributed by atoms with Crippen LogP contribution in [0, 0.1) is 11.6 Å². The van der Waals surface area contributed by atoms with Gasteiger partial charge in [-0.3, -0.25) is 0 Å². The van der Waals surface area contributed by atoms with Gasteiger partial charge in [-0.2, -0.15) is 5.10 Å². The molecule has 0 unspecified atom stereocenters. The molecule has 29 heavy (non-hydrogen) atoms. The van der Waals surface area contributed by atoms with E-state index in [1.54, 1.807) is 0 Å². The Labute approximate surface area is 161 Å². The predicted octanol–water partition coefficient (Wildman–Crippen LogP) is -0.329. The van der Waals surface area contributed by atoms with E-state index in [1.807, 2.05) is 0 Å². The smallest absolute Gasteiger partial charge is 0.181 e. The molecule has 6 N–H and O–H groups in total. The Hall–Kier alpha value is -2.77. The number of fused-ring (bicyclic) bond motifs is 1. The number of nitrogen functional groups attached to an aromatic ring is 1. The fourth-order valence-electron chi connectivity index (χ4n) is 4.07. The number of aliphatic hydroxyl groups excluding tert-OH is 2. The van der Waals surface area contributed by atoms with Gasteiger partial charge in [0, 0.05) is 6.42 Å². The van der Waals surface area contributed by atoms with Gasteiger partial charge in [0.1, 0.15) is 29.7 Å². The number of aromatic nitrogens is 4. The molecule has 1 aliphatic heterocycles. The second-order valence-corrected chi connectivity index (χ2v) is 7.19. The van der Waals surface area contributed by atoms with E-state index in [1.165, 1.54) is 23.3 Å². The Morgan fingerprint density at radius 2 is 2.03 bits per heavy atom. The van der Waals surface area contributed by atoms with Crippen LogP contribution in [-0.2, 0) is 10.3 Å². The second kappa shape index (κ2) is 5.87. The number of hydrogen-bond acceptors (Lipinski definition) is 9. The highest BCUT2D eigenvalue weighted by atomic mass is 19.2. The van der Waals surface area contributed by atoms with Crippen molar-refractivity contribution in [3.63, 3.8) is 0 Å². The van der Waals surface area contributed by atoms with Gasteiger partial charge in [0.05, 0.1) is 11.6 Å². The fourth-order valence-corrected chi connectivity index (χ4v) is 4.07. The minimum absolute atomic E-state index is 0.0329. The zero-order valence-electron chi connectivity index (χ0n) is 14.7. The number of hydrogen-bond donors (Lipinski definition) is 5. The molecule has 5 atom stereocenters. The highest BCUT2D eigenvalue weighted by molar-refractivity contribution is 5.85. The molecule has 1 aromatic carbocycles. The highest BCUT2D eigenvalue weighted by Crippen LogP contribution is 2.65. The molecule has 1 spiro atoms. The van der Waals surface area contributed by atoms with E-state index in [9.17, 15) is 24.1 Å². The van der Waals surface area contributed by atoms with Crippen molar-refractivity contribution in [3.05, 3.63) is 47.9 Å². The lowest BCUT2D eigenvalue weighted by atomic mass is 9.99. The molecule has 2 fully saturated rings. The van der Waals surface area contributed by atoms with Crippen LogP contribution < -0.4 is 11.3 Å². The number of hydrazine groups is 1. The van der Waals surface area contributed by atoms with Crippen LogP contribution in [0.3, 0.4) is 0 Å². The van der Waals surface area contributed by atoms with Gasteiger partial charge >= 0.3 is 0 Å². The maximum absolute atomic E-state index is 13.6. The van der Waals surface area contributed by atoms with Crippen molar-refractivity contribution in [2.45, 2.75) is 36.1 Å². The van der Waals surface area contributed by atoms with Crippen molar-refractivity contribution >= 4 is 16.9 Å². The van der Waals surface area contributed by atoms with E-state index in [-0.39, 0.29) is 17.6 Å². The number of nitrogens with zero attached hydrogens (tertiary/aromatic N) is 4. The van der Waals surface area contributed by atoms with E-state index < -0.39 is 41.3 Å². The minimum Gasteiger partial charge on any atom is -0.387 e. The Bertz CT molecular complexity index is 1130. The van der Waals surface area contributed by atoms with E-state index in [0.717, 1.165) is 12.1 Å². The highest BCUT2D eigenvalue weighted by Gasteiger charge is 2.79. The summed E-state index contributed by atoms with van der Waals surface area (Å²) in [5.74, 6) is 3.51. The van der Waals surface area contributed by atoms with Crippen molar-refractivity contribution in [3.8, 4) is 0 Å². The normalized spacial score (nSPS) is 33.5. The summed E-state index contributed by atoms with van der Waals surface area (Å²) in [6, 6.07) is 2.93. The van der Waals surface area contributed by atoms with Gasteiger partial charge in [-0.15, -0.1) is 0 Å². The van der Waals surface area contributed by atoms with Gasteiger partial charge in [0.2, 0.25) is 0 Å². The Kier molecular flexibility index (Phi) is 3.70. The molecule has 1 saturated heterocycles. The van der Waals surface area contributed by atoms with Crippen LogP contribution in [0.4, 0.5) is 14.6 Å². The molecule has 0 bridgehead atoms. The first kappa shape index (κ1) is 18.3. The minimum atomic E-state index is -1.81. The molecule has 10 nitrogen and oxygen atoms in total. The first-order valence-corrected chi connectivity index (χ1v) is 8.69. The van der Waals surface area contributed by atoms with Crippen molar-refractivity contribution in [2.75, 3.05) is 5.43 Å². The van der Waals surface area contributed by atoms with Crippen LogP contribution in [0.2, 0.25) is 0 Å². The predicted molar refractivity (Wildman–Crippen MR) is 92.9 cm³/mol. The summed E-state index contributed by atoms with van der Waals surface area (Å²) in [6.07, 6.45) is -1.66. The zero-order chi connectivity index (χ0) is 20.6. The molecule has 0 radical (unpaired) electrons. The molecule has 2 aromatic heterocycles. The number of benzene rings is 1. The Morgan fingerprint density at radius 1 is 1.24 bits per heavy atom. The van der Waals surface area contributed by atoms with Crippen LogP contribution in [0.15, 0.2) is 30.7 Å². The maximum atomic E-state index is 13.6. The molecule has 1 aliphatic carbocycles. The van der Waals surface area contributed by atoms with Crippen molar-refractivity contribution in [1.29, 1.82) is 0 Å². The largest absolute Gasteiger partial charge is 0.387 e. The average Bonchev–Trinajstić information content (AvgIpc) is 2.99. The molecule has 2 aliphatic rings. The third-order valence-electron chi connectivity index (χ3n) is 5.68. The Balaban J connectivity index is 1.53. The van der Waals surface area contributed by atoms with Crippen molar-refractivity contribution in [2.24, 2.45) is 5.84 Å². The van der Waals surface area contributed by atoms with E-state index in [4.69, 9.17) is 10.6 Å². The van der Waals surface area contributed by atoms with Crippen LogP contribution in [0.25, 0.3) is 11.0 Å². The number of halogens is 2. The van der Waals surface area contributed by atoms with E-state index >= 15 is 0 Å². The molecule has 5 rings (SSSR count). The van der Waals surface area contributed by atoms with Crippen molar-refractivity contribution in [1.82, 2.24) is 19.7 Å². The average molecular weight is 406 g/mol. The van der Waals surface area contributed by atoms with E-state index in [2.05, 4.69) is 20.5 Å². The first-order chi connectivity index (χ1) is 13.8. The zero-order valence-corrected chi connectivity index (χ0v) is 14.7. The molecular weight excluding hydrogens is 390 g/mol. The molecular formula is C17H16F2N6O4. The van der Waals surface area contributed by atoms with Crippen LogP contribution in [-0.4, -0.2) is 52.9 Å². The molecule has 3 aromatic rings. The third-order valence-corrected chi connectivity index (χ3v) is 5.68. The van der Waals surface area contributed by atoms with E-state index in [0.29, 0.717) is 11.2 Å². The van der Waals surface area contributed by atoms with Gasteiger partial charge in [0.15, 0.2) is 29.3 Å². The SMILES string of the molecule is NNc1ncnc2c1cnn2[C@@H]1O[C@@]2(C[C@@]2(O)c2ccc(F)c(F)c2)[C@@H](O)[C@H]1O. The second-order valence-electron chi connectivity index (χ2n) is 7.19. The number of anilines is 1. The lowest BCUT2D eigenvalue weighted by Gasteiger charge is -2.20. The molecule has 152 valence electrons. The lowest BCUT2D eigenvalue weighted by molar-refractivity contribution is -0.0928. The summed E-state index contributed by atoms with van der Waals surface area (Å²) in [7, 11) is 0. The fraction of sp³-hybridized carbons (Fsp3) is 0.353. The number of nitrogens with one attached hydrogen (secondary N) is 1. The van der Waals surface area contributed by atoms with Gasteiger partial charge in [-0.05, 0) is 17.7 Å². The summed E-state index contributed by atoms with van der Waals surface area (Å²) in [4.78, 5) is 8.06. The summed E-state index contributed by atoms with van der Waals surface area (Å²) in [5, 5.41) is 36.8. The topological polar surface area (TPSA) is 152 Å². The number of ether oxygens (including phenoxy) is 1. The molecule has 1 saturated carbocycles. The summed E-state index contributed by atoms with van der Waals surface area (Å²) < 4.78 is 34.0. The maximum Gasteiger partial charge on any atom is 0.181 e. The molecule has 0 amide bonds. The van der Waals surface area contributed by atoms with Crippen LogP contribution >= 0.6 is 0 Å². The van der Waals surface area contributed by atoms with Gasteiger partial charge in [-0.1, -0.05) is 6.07 Å². The summed E-state index contributed by atoms with van der Waals surface area (Å²) in [6.45, 7) is 0. The summed E-state index contributed by atoms with van der Waals surface area (Å²) >= 11 is 0. The molecule has 12 heteroatoms. The van der Waals surface area contributed by atoms with Gasteiger partial charge < -0.3 is 25.5 Å². The van der Waals surface area contributed by atoms with Crippen LogP contribution in [0.1, 0.15) is 18.2 Å². The standard InChI is InChI=1S/C17H16F2N6O4/c18-9-2-1-7(3-10(9)19)16(28)5-17(16)12(27)11(26)15(29-17)25-14-8(4-23-25)13(24-20)21-6-22-14/h1-4,6,11-12,15,26-28H,5,20H2,(H,21,22,24)/t11-,12+,15-,16-,17+/m1/s1. The first-order valence-electron chi connectivity index (χ1n) is 8.69. The molecule has 3 heterocycles. The van der Waals surface area contributed by atoms with Crippen LogP contribution in [0.5, 0.6) is 0 Å². The number of aliphatic hydroxyl groups is 3. The number of nitrogens with two attached hydrogens (primary N) is 1. The van der Waals surface area contributed by atoms with Gasteiger partial charge in [0.25, 0.3) is 0 Å². The summed E-state index contributed by atoms with van der Waals surface area (Å²) in [5.41, 5.74) is -0.704. The van der Waals surface area contributed by atoms with Crippen molar-refractivity contribution < 1.29 is 28.8 Å². The Morgan fingerprint density at radius 3 is 2.76 bits per heavy atom.